The SMILES string of the molecule is CCNC(C)(CC(C)Oc1ccc(C)cc1OC)C(=O)O. The number of benzene rings is 1. The summed E-state index contributed by atoms with van der Waals surface area (Å²) in [6.07, 6.45) is 0.0921. The Morgan fingerprint density at radius 3 is 2.62 bits per heavy atom. The number of likely N-dealkylation sites (N-methyl/N-ethyl adjacent to an activating group) is 1. The van der Waals surface area contributed by atoms with Crippen LogP contribution in [0.5, 0.6) is 11.5 Å². The van der Waals surface area contributed by atoms with E-state index in [1.807, 2.05) is 39.0 Å². The van der Waals surface area contributed by atoms with Crippen molar-refractivity contribution in [1.29, 1.82) is 0 Å². The van der Waals surface area contributed by atoms with Crippen LogP contribution in [0.2, 0.25) is 0 Å². The van der Waals surface area contributed by atoms with Crippen LogP contribution in [0.15, 0.2) is 18.2 Å². The molecule has 0 bridgehead atoms. The standard InChI is InChI=1S/C16H25NO4/c1-6-17-16(4,15(18)19)10-12(3)21-13-8-7-11(2)9-14(13)20-5/h7-9,12,17H,6,10H2,1-5H3,(H,18,19). The number of ether oxygens (including phenoxy) is 2. The Kier molecular flexibility index (Phi) is 6.03. The van der Waals surface area contributed by atoms with Gasteiger partial charge in [0.15, 0.2) is 11.5 Å². The van der Waals surface area contributed by atoms with Crippen LogP contribution in [0.25, 0.3) is 0 Å². The molecule has 2 N–H and O–H groups in total. The molecule has 0 aromatic heterocycles. The molecule has 1 aromatic rings. The van der Waals surface area contributed by atoms with Gasteiger partial charge in [-0.1, -0.05) is 13.0 Å². The molecule has 118 valence electrons. The third kappa shape index (κ3) is 4.63. The van der Waals surface area contributed by atoms with E-state index in [0.29, 0.717) is 24.5 Å². The molecule has 2 unspecified atom stereocenters. The first kappa shape index (κ1) is 17.3. The largest absolute Gasteiger partial charge is 0.493 e. The van der Waals surface area contributed by atoms with Crippen LogP contribution in [0.1, 0.15) is 32.8 Å². The number of aliphatic carboxylic acids is 1. The van der Waals surface area contributed by atoms with Crippen molar-refractivity contribution < 1.29 is 19.4 Å². The van der Waals surface area contributed by atoms with Crippen LogP contribution in [0.3, 0.4) is 0 Å². The Morgan fingerprint density at radius 2 is 2.10 bits per heavy atom. The lowest BCUT2D eigenvalue weighted by Gasteiger charge is -2.29. The van der Waals surface area contributed by atoms with Crippen molar-refractivity contribution >= 4 is 5.97 Å². The summed E-state index contributed by atoms with van der Waals surface area (Å²) < 4.78 is 11.2. The minimum Gasteiger partial charge on any atom is -0.493 e. The van der Waals surface area contributed by atoms with E-state index in [1.54, 1.807) is 14.0 Å². The molecule has 0 aliphatic rings. The molecule has 21 heavy (non-hydrogen) atoms. The summed E-state index contributed by atoms with van der Waals surface area (Å²) in [6.45, 7) is 7.98. The second kappa shape index (κ2) is 7.31. The van der Waals surface area contributed by atoms with Crippen molar-refractivity contribution in [2.45, 2.75) is 45.8 Å². The highest BCUT2D eigenvalue weighted by molar-refractivity contribution is 5.78. The predicted octanol–water partition coefficient (Wildman–Crippen LogP) is 2.61. The van der Waals surface area contributed by atoms with Gasteiger partial charge < -0.3 is 19.9 Å². The minimum atomic E-state index is -1.01. The lowest BCUT2D eigenvalue weighted by molar-refractivity contribution is -0.145. The summed E-state index contributed by atoms with van der Waals surface area (Å²) in [4.78, 5) is 11.4. The van der Waals surface area contributed by atoms with Crippen LogP contribution in [0.4, 0.5) is 0 Å². The molecule has 0 fully saturated rings. The molecule has 0 radical (unpaired) electrons. The third-order valence-electron chi connectivity index (χ3n) is 3.38. The van der Waals surface area contributed by atoms with Gasteiger partial charge in [-0.3, -0.25) is 4.79 Å². The van der Waals surface area contributed by atoms with E-state index >= 15 is 0 Å². The van der Waals surface area contributed by atoms with Crippen molar-refractivity contribution in [2.24, 2.45) is 0 Å². The highest BCUT2D eigenvalue weighted by Crippen LogP contribution is 2.30. The topological polar surface area (TPSA) is 67.8 Å². The van der Waals surface area contributed by atoms with Gasteiger partial charge in [0, 0.05) is 6.42 Å². The number of carboxylic acids is 1. The van der Waals surface area contributed by atoms with Gasteiger partial charge in [0.05, 0.1) is 13.2 Å². The Hall–Kier alpha value is -1.75. The maximum atomic E-state index is 11.4. The Morgan fingerprint density at radius 1 is 1.43 bits per heavy atom. The van der Waals surface area contributed by atoms with E-state index in [9.17, 15) is 9.90 Å². The fourth-order valence-corrected chi connectivity index (χ4v) is 2.33. The molecular formula is C16H25NO4. The minimum absolute atomic E-state index is 0.262. The first-order valence-electron chi connectivity index (χ1n) is 7.12. The summed E-state index contributed by atoms with van der Waals surface area (Å²) >= 11 is 0. The van der Waals surface area contributed by atoms with Crippen molar-refractivity contribution in [3.8, 4) is 11.5 Å². The van der Waals surface area contributed by atoms with Gasteiger partial charge in [-0.15, -0.1) is 0 Å². The summed E-state index contributed by atoms with van der Waals surface area (Å²) in [5.74, 6) is 0.401. The Bertz CT molecular complexity index is 489. The lowest BCUT2D eigenvalue weighted by atomic mass is 9.95. The first-order chi connectivity index (χ1) is 9.82. The van der Waals surface area contributed by atoms with Crippen LogP contribution >= 0.6 is 0 Å². The predicted molar refractivity (Wildman–Crippen MR) is 82.2 cm³/mol. The van der Waals surface area contributed by atoms with Crippen LogP contribution in [-0.2, 0) is 4.79 Å². The van der Waals surface area contributed by atoms with Gasteiger partial charge in [0.1, 0.15) is 5.54 Å². The summed E-state index contributed by atoms with van der Waals surface area (Å²) in [7, 11) is 1.59. The van der Waals surface area contributed by atoms with Crippen LogP contribution in [-0.4, -0.2) is 36.4 Å². The van der Waals surface area contributed by atoms with E-state index < -0.39 is 11.5 Å². The van der Waals surface area contributed by atoms with Gasteiger partial charge in [0.2, 0.25) is 0 Å². The van der Waals surface area contributed by atoms with E-state index in [-0.39, 0.29) is 6.10 Å². The molecule has 1 rings (SSSR count). The van der Waals surface area contributed by atoms with Crippen molar-refractivity contribution in [1.82, 2.24) is 5.32 Å². The second-order valence-electron chi connectivity index (χ2n) is 5.45. The van der Waals surface area contributed by atoms with E-state index in [1.165, 1.54) is 0 Å². The molecule has 5 nitrogen and oxygen atoms in total. The summed E-state index contributed by atoms with van der Waals surface area (Å²) in [5, 5.41) is 12.4. The Labute approximate surface area is 126 Å². The number of hydrogen-bond donors (Lipinski definition) is 2. The normalized spacial score (nSPS) is 15.1. The molecular weight excluding hydrogens is 270 g/mol. The third-order valence-corrected chi connectivity index (χ3v) is 3.38. The number of nitrogens with one attached hydrogen (secondary N) is 1. The molecule has 0 saturated heterocycles. The number of carbonyl (C=O) groups is 1. The first-order valence-corrected chi connectivity index (χ1v) is 7.12. The molecule has 2 atom stereocenters. The number of carboxylic acid groups (broad SMARTS) is 1. The lowest BCUT2D eigenvalue weighted by Crippen LogP contribution is -2.51. The molecule has 5 heteroatoms. The number of rotatable bonds is 8. The maximum absolute atomic E-state index is 11.4. The fourth-order valence-electron chi connectivity index (χ4n) is 2.33. The van der Waals surface area contributed by atoms with Gasteiger partial charge in [-0.25, -0.2) is 0 Å². The van der Waals surface area contributed by atoms with Gasteiger partial charge in [0.25, 0.3) is 0 Å². The number of hydrogen-bond acceptors (Lipinski definition) is 4. The Balaban J connectivity index is 2.81. The smallest absolute Gasteiger partial charge is 0.323 e. The molecule has 0 aliphatic heterocycles. The van der Waals surface area contributed by atoms with E-state index in [0.717, 1.165) is 5.56 Å². The summed E-state index contributed by atoms with van der Waals surface area (Å²) in [6, 6.07) is 5.67. The molecule has 1 aromatic carbocycles. The van der Waals surface area contributed by atoms with E-state index in [2.05, 4.69) is 5.32 Å². The molecule has 0 aliphatic carbocycles. The zero-order valence-electron chi connectivity index (χ0n) is 13.4. The zero-order valence-corrected chi connectivity index (χ0v) is 13.4. The molecule has 0 saturated carbocycles. The van der Waals surface area contributed by atoms with Crippen molar-refractivity contribution in [3.63, 3.8) is 0 Å². The number of methoxy groups -OCH3 is 1. The molecule has 0 heterocycles. The maximum Gasteiger partial charge on any atom is 0.323 e. The highest BCUT2D eigenvalue weighted by Gasteiger charge is 2.34. The van der Waals surface area contributed by atoms with Crippen LogP contribution in [0, 0.1) is 6.92 Å². The monoisotopic (exact) mass is 295 g/mol. The van der Waals surface area contributed by atoms with Crippen LogP contribution < -0.4 is 14.8 Å². The molecule has 0 amide bonds. The second-order valence-corrected chi connectivity index (χ2v) is 5.45. The highest BCUT2D eigenvalue weighted by atomic mass is 16.5. The number of aryl methyl sites for hydroxylation is 1. The molecule has 0 spiro atoms. The van der Waals surface area contributed by atoms with Crippen molar-refractivity contribution in [2.75, 3.05) is 13.7 Å². The summed E-state index contributed by atoms with van der Waals surface area (Å²) in [5.41, 5.74) is 0.0708. The fraction of sp³-hybridized carbons (Fsp3) is 0.562. The van der Waals surface area contributed by atoms with Gasteiger partial charge >= 0.3 is 5.97 Å². The van der Waals surface area contributed by atoms with Gasteiger partial charge in [-0.2, -0.15) is 0 Å². The van der Waals surface area contributed by atoms with Gasteiger partial charge in [-0.05, 0) is 45.0 Å². The zero-order chi connectivity index (χ0) is 16.0. The van der Waals surface area contributed by atoms with Crippen molar-refractivity contribution in [3.05, 3.63) is 23.8 Å². The average Bonchev–Trinajstić information content (AvgIpc) is 2.40. The quantitative estimate of drug-likeness (QED) is 0.771. The van der Waals surface area contributed by atoms with E-state index in [4.69, 9.17) is 9.47 Å². The average molecular weight is 295 g/mol.